The van der Waals surface area contributed by atoms with E-state index < -0.39 is 0 Å². The first kappa shape index (κ1) is 14.0. The van der Waals surface area contributed by atoms with Gasteiger partial charge in [0.25, 0.3) is 0 Å². The van der Waals surface area contributed by atoms with Crippen molar-refractivity contribution in [1.29, 1.82) is 0 Å². The van der Waals surface area contributed by atoms with Crippen LogP contribution < -0.4 is 5.73 Å². The zero-order valence-corrected chi connectivity index (χ0v) is 11.3. The maximum atomic E-state index is 13.6. The van der Waals surface area contributed by atoms with E-state index in [1.54, 1.807) is 18.3 Å². The summed E-state index contributed by atoms with van der Waals surface area (Å²) in [5.41, 5.74) is 7.65. The number of aromatic nitrogens is 1. The zero-order chi connectivity index (χ0) is 13.7. The molecule has 1 heterocycles. The van der Waals surface area contributed by atoms with Crippen LogP contribution in [0, 0.1) is 5.82 Å². The highest BCUT2D eigenvalue weighted by atomic mass is 35.5. The van der Waals surface area contributed by atoms with Gasteiger partial charge in [0.15, 0.2) is 0 Å². The molecule has 2 nitrogen and oxygen atoms in total. The van der Waals surface area contributed by atoms with Crippen LogP contribution in [0.3, 0.4) is 0 Å². The van der Waals surface area contributed by atoms with Gasteiger partial charge in [-0.1, -0.05) is 23.7 Å². The molecule has 1 aromatic carbocycles. The Labute approximate surface area is 117 Å². The molecule has 1 atom stereocenters. The molecule has 2 N–H and O–H groups in total. The van der Waals surface area contributed by atoms with Crippen LogP contribution in [0.25, 0.3) is 0 Å². The molecule has 0 spiro atoms. The van der Waals surface area contributed by atoms with Gasteiger partial charge in [-0.05, 0) is 49.1 Å². The number of hydrogen-bond donors (Lipinski definition) is 1. The van der Waals surface area contributed by atoms with Crippen molar-refractivity contribution in [2.24, 2.45) is 5.73 Å². The van der Waals surface area contributed by atoms with Gasteiger partial charge in [-0.15, -0.1) is 0 Å². The van der Waals surface area contributed by atoms with E-state index in [4.69, 9.17) is 17.3 Å². The van der Waals surface area contributed by atoms with Crippen molar-refractivity contribution < 1.29 is 4.39 Å². The van der Waals surface area contributed by atoms with Gasteiger partial charge in [0, 0.05) is 23.0 Å². The Kier molecular flexibility index (Phi) is 4.88. The number of hydrogen-bond acceptors (Lipinski definition) is 2. The van der Waals surface area contributed by atoms with Gasteiger partial charge >= 0.3 is 0 Å². The van der Waals surface area contributed by atoms with Crippen molar-refractivity contribution in [3.63, 3.8) is 0 Å². The summed E-state index contributed by atoms with van der Waals surface area (Å²) < 4.78 is 13.6. The van der Waals surface area contributed by atoms with Crippen LogP contribution in [0.5, 0.6) is 0 Å². The summed E-state index contributed by atoms with van der Waals surface area (Å²) in [5.74, 6) is -0.291. The summed E-state index contributed by atoms with van der Waals surface area (Å²) in [4.78, 5) is 4.24. The second-order valence-electron chi connectivity index (χ2n) is 4.56. The molecule has 0 aliphatic rings. The normalized spacial score (nSPS) is 12.4. The summed E-state index contributed by atoms with van der Waals surface area (Å²) in [6, 6.07) is 10.4. The van der Waals surface area contributed by atoms with Crippen molar-refractivity contribution >= 4 is 11.6 Å². The molecule has 0 amide bonds. The molecule has 0 aliphatic heterocycles. The molecule has 19 heavy (non-hydrogen) atoms. The Balaban J connectivity index is 1.89. The number of rotatable bonds is 5. The van der Waals surface area contributed by atoms with Crippen molar-refractivity contribution in [3.05, 3.63) is 64.7 Å². The fourth-order valence-electron chi connectivity index (χ4n) is 1.95. The largest absolute Gasteiger partial charge is 0.327 e. The Bertz CT molecular complexity index is 531. The van der Waals surface area contributed by atoms with Crippen molar-refractivity contribution in [1.82, 2.24) is 4.98 Å². The molecule has 0 saturated carbocycles. The maximum Gasteiger partial charge on any atom is 0.127 e. The van der Waals surface area contributed by atoms with Crippen LogP contribution in [0.1, 0.15) is 17.7 Å². The number of pyridine rings is 1. The Morgan fingerprint density at radius 2 is 2.11 bits per heavy atom. The molecule has 0 saturated heterocycles. The summed E-state index contributed by atoms with van der Waals surface area (Å²) in [6.07, 6.45) is 3.85. The van der Waals surface area contributed by atoms with E-state index in [9.17, 15) is 4.39 Å². The maximum absolute atomic E-state index is 13.6. The number of benzene rings is 1. The van der Waals surface area contributed by atoms with Crippen LogP contribution in [-0.4, -0.2) is 11.0 Å². The fourth-order valence-corrected chi connectivity index (χ4v) is 2.11. The van der Waals surface area contributed by atoms with Gasteiger partial charge in [0.05, 0.1) is 0 Å². The minimum Gasteiger partial charge on any atom is -0.327 e. The van der Waals surface area contributed by atoms with Gasteiger partial charge in [-0.25, -0.2) is 4.39 Å². The smallest absolute Gasteiger partial charge is 0.127 e. The predicted molar refractivity (Wildman–Crippen MR) is 75.6 cm³/mol. The first-order valence-electron chi connectivity index (χ1n) is 6.24. The van der Waals surface area contributed by atoms with E-state index >= 15 is 0 Å². The molecule has 2 rings (SSSR count). The third kappa shape index (κ3) is 4.30. The third-order valence-electron chi connectivity index (χ3n) is 2.99. The standard InChI is InChI=1S/C15H16ClFN2/c16-12-5-4-11(15(17)10-12)9-13(18)6-7-14-3-1-2-8-19-14/h1-5,8,10,13H,6-7,9,18H2. The monoisotopic (exact) mass is 278 g/mol. The van der Waals surface area contributed by atoms with Gasteiger partial charge < -0.3 is 5.73 Å². The first-order chi connectivity index (χ1) is 9.15. The van der Waals surface area contributed by atoms with Crippen LogP contribution in [0.15, 0.2) is 42.6 Å². The fraction of sp³-hybridized carbons (Fsp3) is 0.267. The third-order valence-corrected chi connectivity index (χ3v) is 3.23. The van der Waals surface area contributed by atoms with Crippen LogP contribution in [-0.2, 0) is 12.8 Å². The Morgan fingerprint density at radius 1 is 1.26 bits per heavy atom. The van der Waals surface area contributed by atoms with Gasteiger partial charge in [0.1, 0.15) is 5.82 Å². The summed E-state index contributed by atoms with van der Waals surface area (Å²) in [7, 11) is 0. The quantitative estimate of drug-likeness (QED) is 0.911. The minimum atomic E-state index is -0.291. The molecular formula is C15H16ClFN2. The number of nitrogens with two attached hydrogens (primary N) is 1. The molecule has 0 bridgehead atoms. The summed E-state index contributed by atoms with van der Waals surface area (Å²) >= 11 is 5.72. The molecule has 4 heteroatoms. The molecule has 1 unspecified atom stereocenters. The molecule has 0 aliphatic carbocycles. The average molecular weight is 279 g/mol. The van der Waals surface area contributed by atoms with E-state index in [-0.39, 0.29) is 11.9 Å². The number of halogens is 2. The topological polar surface area (TPSA) is 38.9 Å². The zero-order valence-electron chi connectivity index (χ0n) is 10.5. The van der Waals surface area contributed by atoms with E-state index in [1.807, 2.05) is 18.2 Å². The van der Waals surface area contributed by atoms with E-state index in [2.05, 4.69) is 4.98 Å². The lowest BCUT2D eigenvalue weighted by molar-refractivity contribution is 0.564. The average Bonchev–Trinajstić information content (AvgIpc) is 2.41. The van der Waals surface area contributed by atoms with Crippen molar-refractivity contribution in [3.8, 4) is 0 Å². The second kappa shape index (κ2) is 6.64. The summed E-state index contributed by atoms with van der Waals surface area (Å²) in [5, 5.41) is 0.406. The van der Waals surface area contributed by atoms with E-state index in [1.165, 1.54) is 6.07 Å². The Hall–Kier alpha value is -1.45. The number of nitrogens with zero attached hydrogens (tertiary/aromatic N) is 1. The predicted octanol–water partition coefficient (Wildman–Crippen LogP) is 3.38. The van der Waals surface area contributed by atoms with Gasteiger partial charge in [-0.3, -0.25) is 4.98 Å². The highest BCUT2D eigenvalue weighted by Crippen LogP contribution is 2.16. The summed E-state index contributed by atoms with van der Waals surface area (Å²) in [6.45, 7) is 0. The number of aryl methyl sites for hydroxylation is 1. The minimum absolute atomic E-state index is 0.0855. The van der Waals surface area contributed by atoms with Crippen LogP contribution in [0.2, 0.25) is 5.02 Å². The molecule has 2 aromatic rings. The molecule has 0 radical (unpaired) electrons. The molecule has 1 aromatic heterocycles. The van der Waals surface area contributed by atoms with Gasteiger partial charge in [-0.2, -0.15) is 0 Å². The van der Waals surface area contributed by atoms with Crippen LogP contribution >= 0.6 is 11.6 Å². The van der Waals surface area contributed by atoms with Crippen molar-refractivity contribution in [2.45, 2.75) is 25.3 Å². The molecular weight excluding hydrogens is 263 g/mol. The lowest BCUT2D eigenvalue weighted by Gasteiger charge is -2.12. The molecule has 100 valence electrons. The van der Waals surface area contributed by atoms with E-state index in [0.29, 0.717) is 17.0 Å². The van der Waals surface area contributed by atoms with E-state index in [0.717, 1.165) is 18.5 Å². The lowest BCUT2D eigenvalue weighted by Crippen LogP contribution is -2.24. The van der Waals surface area contributed by atoms with Crippen LogP contribution in [0.4, 0.5) is 4.39 Å². The lowest BCUT2D eigenvalue weighted by atomic mass is 10.0. The van der Waals surface area contributed by atoms with Gasteiger partial charge in [0.2, 0.25) is 0 Å². The Morgan fingerprint density at radius 3 is 2.79 bits per heavy atom. The molecule has 0 fully saturated rings. The highest BCUT2D eigenvalue weighted by Gasteiger charge is 2.09. The van der Waals surface area contributed by atoms with Crippen molar-refractivity contribution in [2.75, 3.05) is 0 Å². The SMILES string of the molecule is NC(CCc1ccccn1)Cc1ccc(Cl)cc1F. The first-order valence-corrected chi connectivity index (χ1v) is 6.62. The second-order valence-corrected chi connectivity index (χ2v) is 5.00. The highest BCUT2D eigenvalue weighted by molar-refractivity contribution is 6.30.